The van der Waals surface area contributed by atoms with Crippen LogP contribution in [0.5, 0.6) is 5.75 Å². The van der Waals surface area contributed by atoms with E-state index in [1.807, 2.05) is 0 Å². The molecule has 112 valence electrons. The molecule has 7 heteroatoms. The first kappa shape index (κ1) is 14.1. The van der Waals surface area contributed by atoms with Crippen molar-refractivity contribution in [2.75, 3.05) is 0 Å². The number of aromatic nitrogens is 2. The van der Waals surface area contributed by atoms with Gasteiger partial charge in [-0.2, -0.15) is 8.78 Å². The van der Waals surface area contributed by atoms with Gasteiger partial charge >= 0.3 is 6.61 Å². The maximum absolute atomic E-state index is 13.5. The van der Waals surface area contributed by atoms with Crippen LogP contribution in [-0.4, -0.2) is 16.6 Å². The van der Waals surface area contributed by atoms with Gasteiger partial charge < -0.3 is 9.72 Å². The summed E-state index contributed by atoms with van der Waals surface area (Å²) >= 11 is 0. The Morgan fingerprint density at radius 3 is 2.68 bits per heavy atom. The third-order valence-corrected chi connectivity index (χ3v) is 2.98. The van der Waals surface area contributed by atoms with Gasteiger partial charge in [-0.05, 0) is 24.3 Å². The Morgan fingerprint density at radius 1 is 1.14 bits per heavy atom. The SMILES string of the molecule is O=c1[nH]c(-c2cc(F)cc(OC(F)F)c2)nc2ccccc12. The third-order valence-electron chi connectivity index (χ3n) is 2.98. The molecule has 0 saturated heterocycles. The summed E-state index contributed by atoms with van der Waals surface area (Å²) in [5.74, 6) is -1.05. The highest BCUT2D eigenvalue weighted by Crippen LogP contribution is 2.24. The zero-order chi connectivity index (χ0) is 15.7. The zero-order valence-corrected chi connectivity index (χ0v) is 11.0. The van der Waals surface area contributed by atoms with Crippen LogP contribution in [0.4, 0.5) is 13.2 Å². The van der Waals surface area contributed by atoms with Crippen molar-refractivity contribution < 1.29 is 17.9 Å². The second-order valence-corrected chi connectivity index (χ2v) is 4.49. The standard InChI is InChI=1S/C15H9F3N2O2/c16-9-5-8(6-10(7-9)22-15(17)18)13-19-12-4-2-1-3-11(12)14(21)20-13/h1-7,15H,(H,19,20,21). The number of ether oxygens (including phenoxy) is 1. The first-order valence-electron chi connectivity index (χ1n) is 6.28. The Kier molecular flexibility index (Phi) is 3.54. The molecule has 3 aromatic rings. The fourth-order valence-electron chi connectivity index (χ4n) is 2.09. The van der Waals surface area contributed by atoms with Gasteiger partial charge in [0.2, 0.25) is 0 Å². The average Bonchev–Trinajstić information content (AvgIpc) is 2.46. The Morgan fingerprint density at radius 2 is 1.91 bits per heavy atom. The number of alkyl halides is 2. The average molecular weight is 306 g/mol. The predicted molar refractivity (Wildman–Crippen MR) is 74.4 cm³/mol. The number of aromatic amines is 1. The van der Waals surface area contributed by atoms with Crippen LogP contribution in [0.2, 0.25) is 0 Å². The van der Waals surface area contributed by atoms with Gasteiger partial charge in [0.1, 0.15) is 17.4 Å². The Hall–Kier alpha value is -2.83. The monoisotopic (exact) mass is 306 g/mol. The quantitative estimate of drug-likeness (QED) is 0.807. The van der Waals surface area contributed by atoms with E-state index in [4.69, 9.17) is 0 Å². The topological polar surface area (TPSA) is 55.0 Å². The number of benzene rings is 2. The van der Waals surface area contributed by atoms with Crippen LogP contribution < -0.4 is 10.3 Å². The summed E-state index contributed by atoms with van der Waals surface area (Å²) in [4.78, 5) is 18.7. The summed E-state index contributed by atoms with van der Waals surface area (Å²) in [6.07, 6.45) is 0. The minimum atomic E-state index is -3.07. The van der Waals surface area contributed by atoms with Crippen molar-refractivity contribution in [1.82, 2.24) is 9.97 Å². The lowest BCUT2D eigenvalue weighted by Crippen LogP contribution is -2.09. The largest absolute Gasteiger partial charge is 0.435 e. The second-order valence-electron chi connectivity index (χ2n) is 4.49. The number of hydrogen-bond donors (Lipinski definition) is 1. The molecule has 0 amide bonds. The highest BCUT2D eigenvalue weighted by Gasteiger charge is 2.11. The molecule has 0 atom stereocenters. The Bertz CT molecular complexity index is 893. The molecule has 2 aromatic carbocycles. The van der Waals surface area contributed by atoms with Gasteiger partial charge in [-0.1, -0.05) is 12.1 Å². The van der Waals surface area contributed by atoms with Crippen LogP contribution in [0.3, 0.4) is 0 Å². The van der Waals surface area contributed by atoms with Gasteiger partial charge in [0.25, 0.3) is 5.56 Å². The molecule has 4 nitrogen and oxygen atoms in total. The summed E-state index contributed by atoms with van der Waals surface area (Å²) in [6, 6.07) is 9.71. The summed E-state index contributed by atoms with van der Waals surface area (Å²) in [5, 5.41) is 0.381. The molecule has 22 heavy (non-hydrogen) atoms. The van der Waals surface area contributed by atoms with Crippen molar-refractivity contribution in [3.63, 3.8) is 0 Å². The van der Waals surface area contributed by atoms with Crippen LogP contribution in [-0.2, 0) is 0 Å². The number of nitrogens with zero attached hydrogens (tertiary/aromatic N) is 1. The van der Waals surface area contributed by atoms with E-state index in [-0.39, 0.29) is 17.1 Å². The van der Waals surface area contributed by atoms with Crippen molar-refractivity contribution in [2.24, 2.45) is 0 Å². The number of para-hydroxylation sites is 1. The molecule has 0 bridgehead atoms. The fourth-order valence-corrected chi connectivity index (χ4v) is 2.09. The van der Waals surface area contributed by atoms with Crippen LogP contribution in [0.1, 0.15) is 0 Å². The fraction of sp³-hybridized carbons (Fsp3) is 0.0667. The first-order valence-corrected chi connectivity index (χ1v) is 6.28. The molecule has 0 aliphatic rings. The lowest BCUT2D eigenvalue weighted by atomic mass is 10.1. The van der Waals surface area contributed by atoms with Crippen LogP contribution in [0.25, 0.3) is 22.3 Å². The molecule has 0 unspecified atom stereocenters. The normalized spacial score (nSPS) is 11.1. The van der Waals surface area contributed by atoms with E-state index < -0.39 is 18.0 Å². The lowest BCUT2D eigenvalue weighted by molar-refractivity contribution is -0.0499. The van der Waals surface area contributed by atoms with Crippen LogP contribution >= 0.6 is 0 Å². The number of nitrogens with one attached hydrogen (secondary N) is 1. The molecule has 3 rings (SSSR count). The van der Waals surface area contributed by atoms with Gasteiger partial charge in [-0.3, -0.25) is 4.79 Å². The van der Waals surface area contributed by atoms with Gasteiger partial charge in [-0.15, -0.1) is 0 Å². The zero-order valence-electron chi connectivity index (χ0n) is 11.0. The number of fused-ring (bicyclic) bond motifs is 1. The summed E-state index contributed by atoms with van der Waals surface area (Å²) < 4.78 is 42.2. The molecule has 0 aliphatic carbocycles. The molecule has 1 N–H and O–H groups in total. The minimum Gasteiger partial charge on any atom is -0.435 e. The molecule has 0 spiro atoms. The highest BCUT2D eigenvalue weighted by molar-refractivity contribution is 5.79. The maximum atomic E-state index is 13.5. The van der Waals surface area contributed by atoms with Crippen molar-refractivity contribution >= 4 is 10.9 Å². The number of rotatable bonds is 3. The molecule has 1 heterocycles. The van der Waals surface area contributed by atoms with Gasteiger partial charge in [0.15, 0.2) is 0 Å². The van der Waals surface area contributed by atoms with Crippen molar-refractivity contribution in [3.05, 3.63) is 58.6 Å². The van der Waals surface area contributed by atoms with E-state index in [0.29, 0.717) is 10.9 Å². The first-order chi connectivity index (χ1) is 10.5. The Labute approximate surface area is 122 Å². The summed E-state index contributed by atoms with van der Waals surface area (Å²) in [5.41, 5.74) is 0.154. The van der Waals surface area contributed by atoms with E-state index in [9.17, 15) is 18.0 Å². The number of halogens is 3. The van der Waals surface area contributed by atoms with Crippen LogP contribution in [0, 0.1) is 5.82 Å². The van der Waals surface area contributed by atoms with E-state index in [2.05, 4.69) is 14.7 Å². The van der Waals surface area contributed by atoms with Gasteiger partial charge in [0, 0.05) is 11.6 Å². The van der Waals surface area contributed by atoms with Crippen LogP contribution in [0.15, 0.2) is 47.3 Å². The predicted octanol–water partition coefficient (Wildman–Crippen LogP) is 3.33. The van der Waals surface area contributed by atoms with E-state index in [0.717, 1.165) is 12.1 Å². The molecular formula is C15H9F3N2O2. The van der Waals surface area contributed by atoms with E-state index in [1.54, 1.807) is 24.3 Å². The second kappa shape index (κ2) is 5.51. The molecular weight excluding hydrogens is 297 g/mol. The highest BCUT2D eigenvalue weighted by atomic mass is 19.3. The van der Waals surface area contributed by atoms with E-state index >= 15 is 0 Å². The summed E-state index contributed by atoms with van der Waals surface area (Å²) in [7, 11) is 0. The minimum absolute atomic E-state index is 0.0716. The van der Waals surface area contributed by atoms with Gasteiger partial charge in [-0.25, -0.2) is 9.37 Å². The molecule has 0 fully saturated rings. The maximum Gasteiger partial charge on any atom is 0.387 e. The van der Waals surface area contributed by atoms with E-state index in [1.165, 1.54) is 6.07 Å². The number of H-pyrrole nitrogens is 1. The van der Waals surface area contributed by atoms with Crippen molar-refractivity contribution in [3.8, 4) is 17.1 Å². The number of hydrogen-bond acceptors (Lipinski definition) is 3. The molecule has 0 aliphatic heterocycles. The van der Waals surface area contributed by atoms with Crippen molar-refractivity contribution in [1.29, 1.82) is 0 Å². The van der Waals surface area contributed by atoms with Gasteiger partial charge in [0.05, 0.1) is 10.9 Å². The molecule has 0 radical (unpaired) electrons. The summed E-state index contributed by atoms with van der Waals surface area (Å²) in [6.45, 7) is -3.07. The third kappa shape index (κ3) is 2.78. The Balaban J connectivity index is 2.15. The molecule has 0 saturated carbocycles. The smallest absolute Gasteiger partial charge is 0.387 e. The van der Waals surface area contributed by atoms with Crippen molar-refractivity contribution in [2.45, 2.75) is 6.61 Å². The molecule has 1 aromatic heterocycles. The lowest BCUT2D eigenvalue weighted by Gasteiger charge is -2.08.